The van der Waals surface area contributed by atoms with Gasteiger partial charge in [0.15, 0.2) is 22.8 Å². The zero-order chi connectivity index (χ0) is 21.6. The van der Waals surface area contributed by atoms with Crippen LogP contribution in [0.15, 0.2) is 23.8 Å². The first-order chi connectivity index (χ1) is 13.4. The Bertz CT molecular complexity index is 841. The van der Waals surface area contributed by atoms with E-state index in [-0.39, 0.29) is 24.8 Å². The molecule has 6 nitrogen and oxygen atoms in total. The number of Topliss-reactive ketones (excluding diaryl/α,β-unsaturated/α-hetero) is 1. The summed E-state index contributed by atoms with van der Waals surface area (Å²) in [5, 5.41) is 42.0. The maximum atomic E-state index is 16.8. The Morgan fingerprint density at radius 2 is 1.86 bits per heavy atom. The van der Waals surface area contributed by atoms with Crippen LogP contribution < -0.4 is 0 Å². The van der Waals surface area contributed by atoms with Crippen molar-refractivity contribution in [3.8, 4) is 0 Å². The quantitative estimate of drug-likeness (QED) is 0.527. The molecule has 4 aliphatic carbocycles. The van der Waals surface area contributed by atoms with E-state index in [0.717, 1.165) is 12.2 Å². The van der Waals surface area contributed by atoms with Crippen LogP contribution in [0.25, 0.3) is 0 Å². The molecule has 3 saturated carbocycles. The van der Waals surface area contributed by atoms with Gasteiger partial charge in [0.1, 0.15) is 12.8 Å². The van der Waals surface area contributed by atoms with Crippen molar-refractivity contribution in [2.45, 2.75) is 62.8 Å². The first-order valence-electron chi connectivity index (χ1n) is 9.88. The third kappa shape index (κ3) is 2.18. The molecule has 0 aromatic carbocycles. The second-order valence-corrected chi connectivity index (χ2v) is 9.46. The first-order valence-corrected chi connectivity index (χ1v) is 9.88. The molecule has 9 atom stereocenters. The van der Waals surface area contributed by atoms with Gasteiger partial charge in [0, 0.05) is 16.7 Å². The summed E-state index contributed by atoms with van der Waals surface area (Å²) in [6, 6.07) is 0. The average Bonchev–Trinajstić information content (AvgIpc) is 2.86. The lowest BCUT2D eigenvalue weighted by atomic mass is 9.44. The number of aliphatic hydroxyl groups is 4. The molecule has 160 valence electrons. The van der Waals surface area contributed by atoms with Crippen molar-refractivity contribution in [2.24, 2.45) is 22.7 Å². The van der Waals surface area contributed by atoms with Crippen molar-refractivity contribution in [1.29, 1.82) is 0 Å². The molecule has 0 saturated heterocycles. The molecular weight excluding hydrogens is 386 g/mol. The predicted octanol–water partition coefficient (Wildman–Crippen LogP) is 0.569. The summed E-state index contributed by atoms with van der Waals surface area (Å²) < 4.78 is 32.0. The Morgan fingerprint density at radius 1 is 1.21 bits per heavy atom. The van der Waals surface area contributed by atoms with Gasteiger partial charge < -0.3 is 20.4 Å². The van der Waals surface area contributed by atoms with Crippen molar-refractivity contribution >= 4 is 11.6 Å². The van der Waals surface area contributed by atoms with Gasteiger partial charge in [0.05, 0.1) is 12.2 Å². The lowest BCUT2D eigenvalue weighted by Gasteiger charge is -2.62. The molecule has 29 heavy (non-hydrogen) atoms. The predicted molar refractivity (Wildman–Crippen MR) is 97.1 cm³/mol. The highest BCUT2D eigenvalue weighted by atomic mass is 19.1. The van der Waals surface area contributed by atoms with Crippen LogP contribution >= 0.6 is 0 Å². The molecule has 0 aromatic heterocycles. The van der Waals surface area contributed by atoms with Crippen LogP contribution in [0.3, 0.4) is 0 Å². The summed E-state index contributed by atoms with van der Waals surface area (Å²) in [7, 11) is 0. The number of aliphatic hydroxyl groups excluding tert-OH is 3. The smallest absolute Gasteiger partial charge is 0.192 e. The van der Waals surface area contributed by atoms with Crippen molar-refractivity contribution < 1.29 is 38.8 Å². The lowest BCUT2D eigenvalue weighted by Crippen LogP contribution is -2.70. The average molecular weight is 412 g/mol. The normalized spacial score (nSPS) is 53.7. The molecule has 0 aliphatic heterocycles. The molecule has 4 aliphatic rings. The van der Waals surface area contributed by atoms with Crippen LogP contribution in [-0.2, 0) is 9.59 Å². The Kier molecular flexibility index (Phi) is 4.32. The molecule has 0 bridgehead atoms. The van der Waals surface area contributed by atoms with Crippen molar-refractivity contribution in [3.63, 3.8) is 0 Å². The van der Waals surface area contributed by atoms with Crippen LogP contribution in [0.5, 0.6) is 0 Å². The van der Waals surface area contributed by atoms with Gasteiger partial charge in [-0.2, -0.15) is 0 Å². The first kappa shape index (κ1) is 20.8. The fourth-order valence-corrected chi connectivity index (χ4v) is 6.84. The van der Waals surface area contributed by atoms with E-state index in [2.05, 4.69) is 0 Å². The SMILES string of the molecule is C[C@]12C=CC(=O)C=C1C(F)C[C@H]1[C@@H]3CC(O)[C@](O)(C(=O)CO)[C@@]3(C)CC(O)[C@@]12F. The minimum Gasteiger partial charge on any atom is -0.390 e. The number of alkyl halides is 2. The van der Waals surface area contributed by atoms with Gasteiger partial charge in [0.25, 0.3) is 0 Å². The number of carbonyl (C=O) groups excluding carboxylic acids is 2. The number of fused-ring (bicyclic) bond motifs is 5. The third-order valence-corrected chi connectivity index (χ3v) is 8.42. The van der Waals surface area contributed by atoms with E-state index in [9.17, 15) is 30.0 Å². The number of ketones is 2. The Hall–Kier alpha value is -1.48. The number of rotatable bonds is 2. The minimum absolute atomic E-state index is 0.0216. The third-order valence-electron chi connectivity index (χ3n) is 8.42. The lowest BCUT2D eigenvalue weighted by molar-refractivity contribution is -0.226. The Labute approximate surface area is 166 Å². The van der Waals surface area contributed by atoms with E-state index in [1.165, 1.54) is 19.9 Å². The monoisotopic (exact) mass is 412 g/mol. The molecule has 0 radical (unpaired) electrons. The maximum Gasteiger partial charge on any atom is 0.192 e. The van der Waals surface area contributed by atoms with Gasteiger partial charge in [-0.3, -0.25) is 9.59 Å². The molecule has 0 heterocycles. The van der Waals surface area contributed by atoms with Crippen LogP contribution in [0.1, 0.15) is 33.1 Å². The van der Waals surface area contributed by atoms with Gasteiger partial charge in [-0.1, -0.05) is 13.0 Å². The number of carbonyl (C=O) groups is 2. The fraction of sp³-hybridized carbons (Fsp3) is 0.714. The number of allylic oxidation sites excluding steroid dienone is 4. The van der Waals surface area contributed by atoms with Gasteiger partial charge >= 0.3 is 0 Å². The summed E-state index contributed by atoms with van der Waals surface area (Å²) in [4.78, 5) is 24.2. The second-order valence-electron chi connectivity index (χ2n) is 9.46. The Morgan fingerprint density at radius 3 is 2.48 bits per heavy atom. The Balaban J connectivity index is 1.87. The largest absolute Gasteiger partial charge is 0.390 e. The molecule has 0 spiro atoms. The van der Waals surface area contributed by atoms with E-state index in [1.54, 1.807) is 0 Å². The summed E-state index contributed by atoms with van der Waals surface area (Å²) in [6.07, 6.45) is -2.21. The van der Waals surface area contributed by atoms with Crippen LogP contribution in [-0.4, -0.2) is 68.2 Å². The standard InChI is InChI=1S/C21H26F2O6/c1-18-4-3-10(25)5-13(18)14(22)6-12-11-7-15(26)21(29,17(28)9-24)19(11,2)8-16(27)20(12,18)23/h3-5,11-12,14-16,24,26-27,29H,6-9H2,1-2H3/t11-,12-,14?,15?,16?,18-,19-,20-,21-/m0/s1. The summed E-state index contributed by atoms with van der Waals surface area (Å²) >= 11 is 0. The zero-order valence-electron chi connectivity index (χ0n) is 16.3. The molecule has 3 unspecified atom stereocenters. The minimum atomic E-state index is -2.37. The van der Waals surface area contributed by atoms with E-state index >= 15 is 8.78 Å². The highest BCUT2D eigenvalue weighted by Crippen LogP contribution is 2.69. The summed E-state index contributed by atoms with van der Waals surface area (Å²) in [5.41, 5.74) is -7.76. The molecule has 4 N–H and O–H groups in total. The van der Waals surface area contributed by atoms with Crippen molar-refractivity contribution in [2.75, 3.05) is 6.61 Å². The van der Waals surface area contributed by atoms with E-state index in [0.29, 0.717) is 0 Å². The van der Waals surface area contributed by atoms with E-state index in [4.69, 9.17) is 0 Å². The fourth-order valence-electron chi connectivity index (χ4n) is 6.84. The van der Waals surface area contributed by atoms with Crippen molar-refractivity contribution in [1.82, 2.24) is 0 Å². The molecule has 3 fully saturated rings. The highest BCUT2D eigenvalue weighted by Gasteiger charge is 2.77. The molecule has 4 rings (SSSR count). The summed E-state index contributed by atoms with van der Waals surface area (Å²) in [6.45, 7) is 1.91. The van der Waals surface area contributed by atoms with Gasteiger partial charge in [-0.15, -0.1) is 0 Å². The second kappa shape index (κ2) is 6.03. The van der Waals surface area contributed by atoms with Crippen LogP contribution in [0, 0.1) is 22.7 Å². The number of hydrogen-bond donors (Lipinski definition) is 4. The maximum absolute atomic E-state index is 16.8. The van der Waals surface area contributed by atoms with Gasteiger partial charge in [-0.05, 0) is 49.8 Å². The molecule has 0 amide bonds. The van der Waals surface area contributed by atoms with E-state index < -0.39 is 70.5 Å². The summed E-state index contributed by atoms with van der Waals surface area (Å²) in [5.74, 6) is -3.37. The van der Waals surface area contributed by atoms with Gasteiger partial charge in [0.2, 0.25) is 0 Å². The topological polar surface area (TPSA) is 115 Å². The number of hydrogen-bond acceptors (Lipinski definition) is 6. The molecule has 8 heteroatoms. The van der Waals surface area contributed by atoms with Crippen LogP contribution in [0.4, 0.5) is 8.78 Å². The zero-order valence-corrected chi connectivity index (χ0v) is 16.3. The number of halogens is 2. The molecule has 0 aromatic rings. The van der Waals surface area contributed by atoms with Crippen LogP contribution in [0.2, 0.25) is 0 Å². The van der Waals surface area contributed by atoms with Crippen molar-refractivity contribution in [3.05, 3.63) is 23.8 Å². The highest BCUT2D eigenvalue weighted by molar-refractivity contribution is 6.01. The van der Waals surface area contributed by atoms with E-state index in [1.807, 2.05) is 0 Å². The van der Waals surface area contributed by atoms with Gasteiger partial charge in [-0.25, -0.2) is 8.78 Å². The molecular formula is C21H26F2O6.